The highest BCUT2D eigenvalue weighted by atomic mass is 32.2. The van der Waals surface area contributed by atoms with Crippen LogP contribution in [0.25, 0.3) is 5.69 Å². The minimum absolute atomic E-state index is 0.301. The van der Waals surface area contributed by atoms with Crippen LogP contribution in [0.2, 0.25) is 0 Å². The zero-order valence-corrected chi connectivity index (χ0v) is 13.1. The quantitative estimate of drug-likeness (QED) is 0.697. The zero-order chi connectivity index (χ0) is 16.1. The summed E-state index contributed by atoms with van der Waals surface area (Å²) in [6.45, 7) is 0.394. The number of benzene rings is 1. The standard InChI is InChI=1S/C14H14N6O2S/c1-23-14-17-18-19-20(14)12-4-2-3-11(7-12)16-13(21)15-8-10-5-6-22-9-10/h2-7,9H,8H2,1H3,(H2,15,16,21). The lowest BCUT2D eigenvalue weighted by Crippen LogP contribution is -2.28. The first-order valence-electron chi connectivity index (χ1n) is 6.75. The third kappa shape index (κ3) is 3.69. The predicted octanol–water partition coefficient (Wildman–Crippen LogP) is 2.30. The summed E-state index contributed by atoms with van der Waals surface area (Å²) in [5.41, 5.74) is 2.31. The third-order valence-electron chi connectivity index (χ3n) is 3.01. The number of nitrogens with one attached hydrogen (secondary N) is 2. The second-order valence-electron chi connectivity index (χ2n) is 4.57. The van der Waals surface area contributed by atoms with Gasteiger partial charge in [-0.05, 0) is 40.9 Å². The molecule has 0 fully saturated rings. The summed E-state index contributed by atoms with van der Waals surface area (Å²) >= 11 is 1.44. The highest BCUT2D eigenvalue weighted by Gasteiger charge is 2.08. The molecule has 0 atom stereocenters. The van der Waals surface area contributed by atoms with E-state index in [9.17, 15) is 4.79 Å². The van der Waals surface area contributed by atoms with E-state index in [1.807, 2.05) is 18.4 Å². The molecule has 0 saturated heterocycles. The summed E-state index contributed by atoms with van der Waals surface area (Å²) in [5.74, 6) is 0. The van der Waals surface area contributed by atoms with Gasteiger partial charge in [0.05, 0.1) is 18.2 Å². The Morgan fingerprint density at radius 3 is 3.09 bits per heavy atom. The van der Waals surface area contributed by atoms with E-state index in [2.05, 4.69) is 26.2 Å². The summed E-state index contributed by atoms with van der Waals surface area (Å²) in [5, 5.41) is 17.7. The molecule has 0 aliphatic heterocycles. The molecule has 3 rings (SSSR count). The summed E-state index contributed by atoms with van der Waals surface area (Å²) in [4.78, 5) is 11.9. The van der Waals surface area contributed by atoms with Crippen LogP contribution in [0.15, 0.2) is 52.4 Å². The Bertz CT molecular complexity index is 786. The van der Waals surface area contributed by atoms with E-state index < -0.39 is 0 Å². The van der Waals surface area contributed by atoms with E-state index in [-0.39, 0.29) is 6.03 Å². The van der Waals surface area contributed by atoms with E-state index in [1.54, 1.807) is 35.4 Å². The van der Waals surface area contributed by atoms with Crippen molar-refractivity contribution in [2.24, 2.45) is 0 Å². The van der Waals surface area contributed by atoms with Gasteiger partial charge in [-0.1, -0.05) is 17.8 Å². The monoisotopic (exact) mass is 330 g/mol. The number of urea groups is 1. The van der Waals surface area contributed by atoms with Gasteiger partial charge >= 0.3 is 6.03 Å². The van der Waals surface area contributed by atoms with Crippen molar-refractivity contribution in [3.63, 3.8) is 0 Å². The average Bonchev–Trinajstić information content (AvgIpc) is 3.24. The van der Waals surface area contributed by atoms with E-state index in [0.717, 1.165) is 11.3 Å². The molecule has 2 N–H and O–H groups in total. The second kappa shape index (κ2) is 6.97. The maximum atomic E-state index is 11.9. The fourth-order valence-electron chi connectivity index (χ4n) is 1.93. The second-order valence-corrected chi connectivity index (χ2v) is 5.34. The van der Waals surface area contributed by atoms with Gasteiger partial charge in [0.1, 0.15) is 0 Å². The number of tetrazole rings is 1. The normalized spacial score (nSPS) is 10.5. The molecule has 0 bridgehead atoms. The molecule has 2 amide bonds. The van der Waals surface area contributed by atoms with Gasteiger partial charge < -0.3 is 15.1 Å². The van der Waals surface area contributed by atoms with Crippen molar-refractivity contribution in [1.82, 2.24) is 25.5 Å². The predicted molar refractivity (Wildman–Crippen MR) is 85.5 cm³/mol. The molecule has 0 aliphatic rings. The maximum Gasteiger partial charge on any atom is 0.319 e. The van der Waals surface area contributed by atoms with Crippen LogP contribution in [0.1, 0.15) is 5.56 Å². The Balaban J connectivity index is 1.66. The Kier molecular flexibility index (Phi) is 4.57. The van der Waals surface area contributed by atoms with Crippen LogP contribution in [0, 0.1) is 0 Å². The number of carbonyl (C=O) groups excluding carboxylic acids is 1. The highest BCUT2D eigenvalue weighted by Crippen LogP contribution is 2.18. The molecule has 0 radical (unpaired) electrons. The molecule has 0 aliphatic carbocycles. The molecule has 23 heavy (non-hydrogen) atoms. The van der Waals surface area contributed by atoms with Crippen molar-refractivity contribution < 1.29 is 9.21 Å². The molecule has 118 valence electrons. The van der Waals surface area contributed by atoms with Crippen LogP contribution in [0.5, 0.6) is 0 Å². The van der Waals surface area contributed by atoms with Crippen molar-refractivity contribution in [2.75, 3.05) is 11.6 Å². The fraction of sp³-hybridized carbons (Fsp3) is 0.143. The zero-order valence-electron chi connectivity index (χ0n) is 12.3. The van der Waals surface area contributed by atoms with E-state index >= 15 is 0 Å². The molecule has 0 spiro atoms. The Morgan fingerprint density at radius 1 is 1.39 bits per heavy atom. The van der Waals surface area contributed by atoms with Gasteiger partial charge in [0.25, 0.3) is 0 Å². The van der Waals surface area contributed by atoms with Gasteiger partial charge in [-0.3, -0.25) is 0 Å². The van der Waals surface area contributed by atoms with Crippen LogP contribution >= 0.6 is 11.8 Å². The number of carbonyl (C=O) groups is 1. The minimum atomic E-state index is -0.301. The molecule has 1 aromatic carbocycles. The van der Waals surface area contributed by atoms with Crippen LogP contribution in [0.3, 0.4) is 0 Å². The van der Waals surface area contributed by atoms with Crippen molar-refractivity contribution >= 4 is 23.5 Å². The van der Waals surface area contributed by atoms with Crippen molar-refractivity contribution in [3.8, 4) is 5.69 Å². The van der Waals surface area contributed by atoms with Gasteiger partial charge in [-0.25, -0.2) is 4.79 Å². The highest BCUT2D eigenvalue weighted by molar-refractivity contribution is 7.98. The number of rotatable bonds is 5. The molecular formula is C14H14N6O2S. The van der Waals surface area contributed by atoms with Crippen LogP contribution in [0.4, 0.5) is 10.5 Å². The Hall–Kier alpha value is -2.81. The lowest BCUT2D eigenvalue weighted by atomic mass is 10.3. The SMILES string of the molecule is CSc1nnnn1-c1cccc(NC(=O)NCc2ccoc2)c1. The third-order valence-corrected chi connectivity index (χ3v) is 3.62. The number of furan rings is 1. The van der Waals surface area contributed by atoms with Crippen molar-refractivity contribution in [3.05, 3.63) is 48.4 Å². The molecule has 8 nitrogen and oxygen atoms in total. The number of anilines is 1. The topological polar surface area (TPSA) is 97.9 Å². The van der Waals surface area contributed by atoms with Crippen molar-refractivity contribution in [2.45, 2.75) is 11.7 Å². The number of aromatic nitrogens is 4. The number of nitrogens with zero attached hydrogens (tertiary/aromatic N) is 4. The van der Waals surface area contributed by atoms with E-state index in [0.29, 0.717) is 17.4 Å². The number of hydrogen-bond donors (Lipinski definition) is 2. The first kappa shape index (κ1) is 15.1. The first-order valence-corrected chi connectivity index (χ1v) is 7.97. The largest absolute Gasteiger partial charge is 0.472 e. The van der Waals surface area contributed by atoms with Gasteiger partial charge in [0.15, 0.2) is 0 Å². The molecule has 0 saturated carbocycles. The van der Waals surface area contributed by atoms with Crippen LogP contribution in [-0.4, -0.2) is 32.5 Å². The van der Waals surface area contributed by atoms with Crippen LogP contribution in [-0.2, 0) is 6.54 Å². The Morgan fingerprint density at radius 2 is 2.30 bits per heavy atom. The minimum Gasteiger partial charge on any atom is -0.472 e. The Labute approximate surface area is 136 Å². The van der Waals surface area contributed by atoms with E-state index in [4.69, 9.17) is 4.42 Å². The van der Waals surface area contributed by atoms with Gasteiger partial charge in [-0.2, -0.15) is 4.68 Å². The van der Waals surface area contributed by atoms with Crippen molar-refractivity contribution in [1.29, 1.82) is 0 Å². The summed E-state index contributed by atoms with van der Waals surface area (Å²) in [7, 11) is 0. The van der Waals surface area contributed by atoms with Gasteiger partial charge in [0, 0.05) is 17.8 Å². The lowest BCUT2D eigenvalue weighted by molar-refractivity contribution is 0.251. The number of amides is 2. The first-order chi connectivity index (χ1) is 11.3. The summed E-state index contributed by atoms with van der Waals surface area (Å²) in [6, 6.07) is 8.78. The number of thioether (sulfide) groups is 1. The lowest BCUT2D eigenvalue weighted by Gasteiger charge is -2.08. The molecule has 9 heteroatoms. The van der Waals surface area contributed by atoms with E-state index in [1.165, 1.54) is 11.8 Å². The molecule has 2 heterocycles. The molecule has 2 aromatic heterocycles. The number of hydrogen-bond acceptors (Lipinski definition) is 6. The smallest absolute Gasteiger partial charge is 0.319 e. The van der Waals surface area contributed by atoms with Gasteiger partial charge in [-0.15, -0.1) is 5.10 Å². The summed E-state index contributed by atoms with van der Waals surface area (Å²) < 4.78 is 6.56. The fourth-order valence-corrected chi connectivity index (χ4v) is 2.37. The summed E-state index contributed by atoms with van der Waals surface area (Å²) in [6.07, 6.45) is 5.05. The van der Waals surface area contributed by atoms with Crippen LogP contribution < -0.4 is 10.6 Å². The maximum absolute atomic E-state index is 11.9. The molecule has 0 unspecified atom stereocenters. The average molecular weight is 330 g/mol. The molecular weight excluding hydrogens is 316 g/mol. The molecule has 3 aromatic rings. The van der Waals surface area contributed by atoms with Gasteiger partial charge in [0.2, 0.25) is 5.16 Å².